The second kappa shape index (κ2) is 4.38. The summed E-state index contributed by atoms with van der Waals surface area (Å²) in [6.45, 7) is 4.63. The maximum absolute atomic E-state index is 11.5. The van der Waals surface area contributed by atoms with Gasteiger partial charge < -0.3 is 0 Å². The highest BCUT2D eigenvalue weighted by atomic mass is 32.2. The maximum atomic E-state index is 11.5. The van der Waals surface area contributed by atoms with E-state index in [4.69, 9.17) is 0 Å². The van der Waals surface area contributed by atoms with E-state index in [2.05, 4.69) is 4.72 Å². The van der Waals surface area contributed by atoms with Crippen LogP contribution in [0.3, 0.4) is 0 Å². The molecule has 1 atom stereocenters. The van der Waals surface area contributed by atoms with Gasteiger partial charge in [0.25, 0.3) is 0 Å². The van der Waals surface area contributed by atoms with Crippen LogP contribution in [0.15, 0.2) is 29.2 Å². The summed E-state index contributed by atoms with van der Waals surface area (Å²) in [6.07, 6.45) is 0. The molecule has 1 unspecified atom stereocenters. The molecular weight excluding hydrogens is 170 g/mol. The van der Waals surface area contributed by atoms with Crippen molar-refractivity contribution in [2.24, 2.45) is 0 Å². The van der Waals surface area contributed by atoms with Crippen molar-refractivity contribution < 1.29 is 4.21 Å². The van der Waals surface area contributed by atoms with Crippen LogP contribution in [0.2, 0.25) is 0 Å². The highest BCUT2D eigenvalue weighted by Gasteiger charge is 2.03. The Balaban J connectivity index is 2.87. The van der Waals surface area contributed by atoms with Crippen molar-refractivity contribution in [3.63, 3.8) is 0 Å². The van der Waals surface area contributed by atoms with Crippen molar-refractivity contribution in [3.05, 3.63) is 29.8 Å². The molecule has 66 valence electrons. The predicted octanol–water partition coefficient (Wildman–Crippen LogP) is 1.63. The van der Waals surface area contributed by atoms with E-state index in [1.165, 1.54) is 0 Å². The molecule has 0 saturated heterocycles. The van der Waals surface area contributed by atoms with Gasteiger partial charge in [0, 0.05) is 6.54 Å². The van der Waals surface area contributed by atoms with Crippen molar-refractivity contribution in [1.82, 2.24) is 4.72 Å². The molecule has 0 bridgehead atoms. The first kappa shape index (κ1) is 9.42. The molecule has 3 heteroatoms. The van der Waals surface area contributed by atoms with Gasteiger partial charge in [-0.15, -0.1) is 0 Å². The third kappa shape index (κ3) is 2.16. The standard InChI is InChI=1S/C9H13NOS/c1-3-10-12(11)9-7-5-4-6-8(9)2/h4-7,10H,3H2,1-2H3. The Morgan fingerprint density at radius 2 is 2.08 bits per heavy atom. The van der Waals surface area contributed by atoms with E-state index < -0.39 is 11.0 Å². The van der Waals surface area contributed by atoms with Gasteiger partial charge >= 0.3 is 0 Å². The largest absolute Gasteiger partial charge is 0.237 e. The van der Waals surface area contributed by atoms with Crippen LogP contribution in [0.4, 0.5) is 0 Å². The third-order valence-corrected chi connectivity index (χ3v) is 2.98. The van der Waals surface area contributed by atoms with Gasteiger partial charge in [-0.3, -0.25) is 0 Å². The Hall–Kier alpha value is -0.670. The van der Waals surface area contributed by atoms with Crippen LogP contribution in [-0.4, -0.2) is 10.8 Å². The number of nitrogens with one attached hydrogen (secondary N) is 1. The summed E-state index contributed by atoms with van der Waals surface area (Å²) in [5, 5.41) is 0. The van der Waals surface area contributed by atoms with Crippen LogP contribution < -0.4 is 4.72 Å². The molecule has 1 rings (SSSR count). The fourth-order valence-corrected chi connectivity index (χ4v) is 1.95. The van der Waals surface area contributed by atoms with E-state index >= 15 is 0 Å². The molecular formula is C9H13NOS. The van der Waals surface area contributed by atoms with E-state index in [9.17, 15) is 4.21 Å². The molecule has 1 N–H and O–H groups in total. The third-order valence-electron chi connectivity index (χ3n) is 1.57. The average molecular weight is 183 g/mol. The second-order valence-electron chi connectivity index (χ2n) is 2.53. The predicted molar refractivity (Wildman–Crippen MR) is 51.3 cm³/mol. The molecule has 0 aliphatic rings. The number of hydrogen-bond donors (Lipinski definition) is 1. The first-order chi connectivity index (χ1) is 5.75. The Bertz CT molecular complexity index is 286. The molecule has 0 radical (unpaired) electrons. The van der Waals surface area contributed by atoms with Crippen molar-refractivity contribution in [2.45, 2.75) is 18.7 Å². The minimum absolute atomic E-state index is 0.723. The normalized spacial score (nSPS) is 12.8. The lowest BCUT2D eigenvalue weighted by Gasteiger charge is -2.04. The van der Waals surface area contributed by atoms with Gasteiger partial charge in [0.15, 0.2) is 0 Å². The van der Waals surface area contributed by atoms with E-state index in [1.807, 2.05) is 38.1 Å². The average Bonchev–Trinajstić information content (AvgIpc) is 2.05. The molecule has 0 saturated carbocycles. The van der Waals surface area contributed by atoms with Gasteiger partial charge in [-0.05, 0) is 18.6 Å². The van der Waals surface area contributed by atoms with Crippen molar-refractivity contribution in [2.75, 3.05) is 6.54 Å². The molecule has 0 aromatic heterocycles. The van der Waals surface area contributed by atoms with Crippen LogP contribution in [0.25, 0.3) is 0 Å². The topological polar surface area (TPSA) is 29.1 Å². The number of benzene rings is 1. The summed E-state index contributed by atoms with van der Waals surface area (Å²) in [6, 6.07) is 7.69. The van der Waals surface area contributed by atoms with Crippen LogP contribution in [0, 0.1) is 6.92 Å². The zero-order valence-corrected chi connectivity index (χ0v) is 8.15. The molecule has 0 aliphatic carbocycles. The second-order valence-corrected chi connectivity index (χ2v) is 3.80. The van der Waals surface area contributed by atoms with Gasteiger partial charge in [0.1, 0.15) is 11.0 Å². The fraction of sp³-hybridized carbons (Fsp3) is 0.333. The molecule has 12 heavy (non-hydrogen) atoms. The SMILES string of the molecule is CCNS(=O)c1ccccc1C. The lowest BCUT2D eigenvalue weighted by atomic mass is 10.2. The highest BCUT2D eigenvalue weighted by Crippen LogP contribution is 2.09. The van der Waals surface area contributed by atoms with Gasteiger partial charge in [0.05, 0.1) is 4.90 Å². The molecule has 1 aromatic rings. The Labute approximate surface area is 75.6 Å². The van der Waals surface area contributed by atoms with E-state index in [0.29, 0.717) is 0 Å². The molecule has 1 aromatic carbocycles. The first-order valence-corrected chi connectivity index (χ1v) is 5.11. The Morgan fingerprint density at radius 1 is 1.42 bits per heavy atom. The van der Waals surface area contributed by atoms with Gasteiger partial charge in [0.2, 0.25) is 0 Å². The molecule has 0 heterocycles. The van der Waals surface area contributed by atoms with E-state index in [1.54, 1.807) is 0 Å². The summed E-state index contributed by atoms with van der Waals surface area (Å²) in [5.74, 6) is 0. The smallest absolute Gasteiger partial charge is 0.125 e. The minimum Gasteiger partial charge on any atom is -0.237 e. The molecule has 0 amide bonds. The number of rotatable bonds is 3. The Morgan fingerprint density at radius 3 is 2.67 bits per heavy atom. The molecule has 0 aliphatic heterocycles. The summed E-state index contributed by atoms with van der Waals surface area (Å²) in [4.78, 5) is 0.874. The highest BCUT2D eigenvalue weighted by molar-refractivity contribution is 7.83. The first-order valence-electron chi connectivity index (χ1n) is 3.96. The van der Waals surface area contributed by atoms with Crippen LogP contribution in [0.1, 0.15) is 12.5 Å². The van der Waals surface area contributed by atoms with Gasteiger partial charge in [-0.2, -0.15) is 0 Å². The fourth-order valence-electron chi connectivity index (χ4n) is 0.973. The summed E-state index contributed by atoms with van der Waals surface area (Å²) in [5.41, 5.74) is 1.07. The minimum atomic E-state index is -1.05. The molecule has 0 spiro atoms. The van der Waals surface area contributed by atoms with E-state index in [0.717, 1.165) is 17.0 Å². The number of aryl methyl sites for hydroxylation is 1. The van der Waals surface area contributed by atoms with Crippen LogP contribution in [0.5, 0.6) is 0 Å². The summed E-state index contributed by atoms with van der Waals surface area (Å²) in [7, 11) is -1.05. The van der Waals surface area contributed by atoms with Gasteiger partial charge in [-0.25, -0.2) is 8.93 Å². The van der Waals surface area contributed by atoms with Crippen LogP contribution >= 0.6 is 0 Å². The molecule has 0 fully saturated rings. The monoisotopic (exact) mass is 183 g/mol. The number of hydrogen-bond acceptors (Lipinski definition) is 1. The maximum Gasteiger partial charge on any atom is 0.125 e. The zero-order valence-electron chi connectivity index (χ0n) is 7.33. The lowest BCUT2D eigenvalue weighted by Crippen LogP contribution is -2.16. The Kier molecular flexibility index (Phi) is 3.44. The molecule has 2 nitrogen and oxygen atoms in total. The summed E-state index contributed by atoms with van der Waals surface area (Å²) < 4.78 is 14.3. The van der Waals surface area contributed by atoms with Gasteiger partial charge in [-0.1, -0.05) is 25.1 Å². The summed E-state index contributed by atoms with van der Waals surface area (Å²) >= 11 is 0. The lowest BCUT2D eigenvalue weighted by molar-refractivity contribution is 0.673. The zero-order chi connectivity index (χ0) is 8.97. The van der Waals surface area contributed by atoms with Crippen molar-refractivity contribution in [3.8, 4) is 0 Å². The van der Waals surface area contributed by atoms with E-state index in [-0.39, 0.29) is 0 Å². The van der Waals surface area contributed by atoms with Crippen molar-refractivity contribution in [1.29, 1.82) is 0 Å². The van der Waals surface area contributed by atoms with Crippen molar-refractivity contribution >= 4 is 11.0 Å². The van der Waals surface area contributed by atoms with Crippen LogP contribution in [-0.2, 0) is 11.0 Å². The quantitative estimate of drug-likeness (QED) is 0.758.